The minimum atomic E-state index is -0.117. The Morgan fingerprint density at radius 1 is 1.42 bits per heavy atom. The molecule has 1 N–H and O–H groups in total. The van der Waals surface area contributed by atoms with Gasteiger partial charge in [0.25, 0.3) is 11.8 Å². The zero-order valence-corrected chi connectivity index (χ0v) is 14.1. The van der Waals surface area contributed by atoms with E-state index in [1.165, 1.54) is 0 Å². The van der Waals surface area contributed by atoms with Crippen molar-refractivity contribution in [2.75, 3.05) is 6.61 Å². The number of ether oxygens (including phenoxy) is 1. The summed E-state index contributed by atoms with van der Waals surface area (Å²) in [6.07, 6.45) is 1.79. The van der Waals surface area contributed by atoms with Gasteiger partial charge in [-0.15, -0.1) is 11.3 Å². The number of nitrogens with zero attached hydrogens (tertiary/aromatic N) is 2. The van der Waals surface area contributed by atoms with Gasteiger partial charge in [0.2, 0.25) is 0 Å². The molecule has 3 aromatic rings. The summed E-state index contributed by atoms with van der Waals surface area (Å²) in [5.41, 5.74) is 0.721. The van der Waals surface area contributed by atoms with Gasteiger partial charge in [0, 0.05) is 21.6 Å². The number of carbonyl (C=O) groups excluding carboxylic acids is 1. The van der Waals surface area contributed by atoms with Crippen LogP contribution < -0.4 is 5.32 Å². The summed E-state index contributed by atoms with van der Waals surface area (Å²) in [5.74, 6) is 0.841. The number of aryl methyl sites for hydroxylation is 1. The first-order valence-electron chi connectivity index (χ1n) is 7.93. The molecule has 24 heavy (non-hydrogen) atoms. The van der Waals surface area contributed by atoms with E-state index in [0.717, 1.165) is 40.0 Å². The van der Waals surface area contributed by atoms with Gasteiger partial charge in [-0.05, 0) is 25.8 Å². The molecule has 6 nitrogen and oxygen atoms in total. The van der Waals surface area contributed by atoms with Crippen molar-refractivity contribution in [3.05, 3.63) is 46.4 Å². The zero-order chi connectivity index (χ0) is 16.5. The molecule has 1 amide bonds. The molecule has 0 aliphatic carbocycles. The fourth-order valence-corrected chi connectivity index (χ4v) is 4.00. The van der Waals surface area contributed by atoms with Crippen LogP contribution in [-0.2, 0) is 11.3 Å². The first-order valence-corrected chi connectivity index (χ1v) is 8.74. The number of amides is 1. The maximum absolute atomic E-state index is 12.6. The molecular formula is C17H17N3O3S. The van der Waals surface area contributed by atoms with E-state index in [9.17, 15) is 4.79 Å². The highest BCUT2D eigenvalue weighted by atomic mass is 32.1. The van der Waals surface area contributed by atoms with Gasteiger partial charge in [0.15, 0.2) is 5.82 Å². The van der Waals surface area contributed by atoms with Gasteiger partial charge in [-0.3, -0.25) is 4.79 Å². The lowest BCUT2D eigenvalue weighted by atomic mass is 10.1. The van der Waals surface area contributed by atoms with Crippen molar-refractivity contribution in [3.8, 4) is 0 Å². The fraction of sp³-hybridized carbons (Fsp3) is 0.353. The van der Waals surface area contributed by atoms with Gasteiger partial charge < -0.3 is 14.6 Å². The molecule has 1 atom stereocenters. The van der Waals surface area contributed by atoms with Crippen molar-refractivity contribution in [2.45, 2.75) is 32.4 Å². The van der Waals surface area contributed by atoms with E-state index in [2.05, 4.69) is 15.5 Å². The Morgan fingerprint density at radius 2 is 2.29 bits per heavy atom. The van der Waals surface area contributed by atoms with Crippen LogP contribution in [0.4, 0.5) is 0 Å². The topological polar surface area (TPSA) is 77.2 Å². The molecule has 1 aliphatic rings. The lowest BCUT2D eigenvalue weighted by Gasteiger charge is -2.03. The SMILES string of the molecule is Cc1sc2ccccc2c1C(=O)NCc1noc(C2CCCO2)n1. The number of carbonyl (C=O) groups is 1. The Balaban J connectivity index is 1.47. The Labute approximate surface area is 142 Å². The van der Waals surface area contributed by atoms with Gasteiger partial charge in [-0.25, -0.2) is 0 Å². The maximum atomic E-state index is 12.6. The van der Waals surface area contributed by atoms with Gasteiger partial charge >= 0.3 is 0 Å². The normalized spacial score (nSPS) is 17.5. The van der Waals surface area contributed by atoms with Crippen molar-refractivity contribution in [3.63, 3.8) is 0 Å². The minimum Gasteiger partial charge on any atom is -0.368 e. The molecule has 1 unspecified atom stereocenters. The number of thiophene rings is 1. The minimum absolute atomic E-state index is 0.106. The highest BCUT2D eigenvalue weighted by Crippen LogP contribution is 2.30. The third-order valence-electron chi connectivity index (χ3n) is 4.09. The second-order valence-corrected chi connectivity index (χ2v) is 7.02. The van der Waals surface area contributed by atoms with Crippen molar-refractivity contribution in [1.29, 1.82) is 0 Å². The zero-order valence-electron chi connectivity index (χ0n) is 13.2. The number of fused-ring (bicyclic) bond motifs is 1. The largest absolute Gasteiger partial charge is 0.368 e. The Morgan fingerprint density at radius 3 is 3.12 bits per heavy atom. The van der Waals surface area contributed by atoms with Gasteiger partial charge in [0.05, 0.1) is 12.1 Å². The van der Waals surface area contributed by atoms with Gasteiger partial charge in [0.1, 0.15) is 6.10 Å². The third-order valence-corrected chi connectivity index (χ3v) is 5.18. The van der Waals surface area contributed by atoms with Crippen LogP contribution in [0.25, 0.3) is 10.1 Å². The molecule has 1 aliphatic heterocycles. The highest BCUT2D eigenvalue weighted by Gasteiger charge is 2.24. The summed E-state index contributed by atoms with van der Waals surface area (Å²) >= 11 is 1.62. The summed E-state index contributed by atoms with van der Waals surface area (Å²) in [5, 5.41) is 7.78. The van der Waals surface area contributed by atoms with Crippen molar-refractivity contribution >= 4 is 27.3 Å². The maximum Gasteiger partial charge on any atom is 0.255 e. The molecule has 1 saturated heterocycles. The average Bonchev–Trinajstić information content (AvgIpc) is 3.31. The van der Waals surface area contributed by atoms with E-state index in [0.29, 0.717) is 11.7 Å². The van der Waals surface area contributed by atoms with E-state index in [1.54, 1.807) is 11.3 Å². The molecule has 2 aromatic heterocycles. The Hall–Kier alpha value is -2.25. The summed E-state index contributed by atoms with van der Waals surface area (Å²) in [7, 11) is 0. The lowest BCUT2D eigenvalue weighted by molar-refractivity contribution is 0.0835. The van der Waals surface area contributed by atoms with E-state index in [1.807, 2.05) is 31.2 Å². The van der Waals surface area contributed by atoms with Crippen LogP contribution >= 0.6 is 11.3 Å². The number of aromatic nitrogens is 2. The predicted molar refractivity (Wildman–Crippen MR) is 90.0 cm³/mol. The standard InChI is InChI=1S/C17H17N3O3S/c1-10-15(11-5-2-3-7-13(11)24-10)16(21)18-9-14-19-17(23-20-14)12-6-4-8-22-12/h2-3,5,7,12H,4,6,8-9H2,1H3,(H,18,21). The number of hydrogen-bond acceptors (Lipinski definition) is 6. The van der Waals surface area contributed by atoms with E-state index in [-0.39, 0.29) is 18.6 Å². The smallest absolute Gasteiger partial charge is 0.255 e. The van der Waals surface area contributed by atoms with Crippen LogP contribution in [0.5, 0.6) is 0 Å². The molecule has 1 aromatic carbocycles. The number of rotatable bonds is 4. The molecule has 124 valence electrons. The van der Waals surface area contributed by atoms with Crippen molar-refractivity contribution in [1.82, 2.24) is 15.5 Å². The molecule has 0 bridgehead atoms. The predicted octanol–water partition coefficient (Wildman–Crippen LogP) is 3.37. The second-order valence-electron chi connectivity index (χ2n) is 5.76. The lowest BCUT2D eigenvalue weighted by Crippen LogP contribution is -2.23. The van der Waals surface area contributed by atoms with Crippen LogP contribution in [-0.4, -0.2) is 22.7 Å². The molecule has 3 heterocycles. The van der Waals surface area contributed by atoms with Crippen molar-refractivity contribution < 1.29 is 14.1 Å². The molecule has 0 spiro atoms. The molecular weight excluding hydrogens is 326 g/mol. The van der Waals surface area contributed by atoms with Crippen molar-refractivity contribution in [2.24, 2.45) is 0 Å². The summed E-state index contributed by atoms with van der Waals surface area (Å²) in [6, 6.07) is 7.92. The molecule has 4 rings (SSSR count). The monoisotopic (exact) mass is 343 g/mol. The summed E-state index contributed by atoms with van der Waals surface area (Å²) < 4.78 is 11.9. The number of benzene rings is 1. The van der Waals surface area contributed by atoms with Crippen LogP contribution in [0.3, 0.4) is 0 Å². The molecule has 0 saturated carbocycles. The number of hydrogen-bond donors (Lipinski definition) is 1. The summed E-state index contributed by atoms with van der Waals surface area (Å²) in [6.45, 7) is 2.92. The highest BCUT2D eigenvalue weighted by molar-refractivity contribution is 7.19. The van der Waals surface area contributed by atoms with E-state index >= 15 is 0 Å². The van der Waals surface area contributed by atoms with Crippen LogP contribution in [0.15, 0.2) is 28.8 Å². The first-order chi connectivity index (χ1) is 11.7. The average molecular weight is 343 g/mol. The first kappa shape index (κ1) is 15.3. The quantitative estimate of drug-likeness (QED) is 0.786. The Kier molecular flexibility index (Phi) is 4.03. The second kappa shape index (κ2) is 6.33. The number of nitrogens with one attached hydrogen (secondary N) is 1. The summed E-state index contributed by atoms with van der Waals surface area (Å²) in [4.78, 5) is 17.9. The molecule has 1 fully saturated rings. The van der Waals surface area contributed by atoms with E-state index < -0.39 is 0 Å². The van der Waals surface area contributed by atoms with Crippen LogP contribution in [0, 0.1) is 6.92 Å². The van der Waals surface area contributed by atoms with Gasteiger partial charge in [-0.1, -0.05) is 23.4 Å². The van der Waals surface area contributed by atoms with Crippen LogP contribution in [0.2, 0.25) is 0 Å². The Bertz CT molecular complexity index is 880. The van der Waals surface area contributed by atoms with Crippen LogP contribution in [0.1, 0.15) is 45.9 Å². The molecule has 7 heteroatoms. The fourth-order valence-electron chi connectivity index (χ4n) is 2.94. The molecule has 0 radical (unpaired) electrons. The van der Waals surface area contributed by atoms with Gasteiger partial charge in [-0.2, -0.15) is 4.98 Å². The third kappa shape index (κ3) is 2.81. The van der Waals surface area contributed by atoms with E-state index in [4.69, 9.17) is 9.26 Å².